The molecule has 112 valence electrons. The summed E-state index contributed by atoms with van der Waals surface area (Å²) in [5, 5.41) is 7.85. The SMILES string of the molecule is CCCC(C)C(C(=O)O)S(=O)(=O)c1cccc(OC)c1. The molecule has 0 heterocycles. The van der Waals surface area contributed by atoms with Crippen molar-refractivity contribution in [3.63, 3.8) is 0 Å². The fourth-order valence-corrected chi connectivity index (χ4v) is 4.07. The van der Waals surface area contributed by atoms with Gasteiger partial charge >= 0.3 is 5.97 Å². The lowest BCUT2D eigenvalue weighted by Gasteiger charge is -2.20. The number of ether oxygens (including phenoxy) is 1. The molecule has 0 aromatic heterocycles. The first kappa shape index (κ1) is 16.5. The molecule has 1 aromatic rings. The number of carboxylic acid groups (broad SMARTS) is 1. The van der Waals surface area contributed by atoms with Crippen molar-refractivity contribution in [1.29, 1.82) is 0 Å². The topological polar surface area (TPSA) is 80.7 Å². The molecule has 1 N–H and O–H groups in total. The Morgan fingerprint density at radius 1 is 1.40 bits per heavy atom. The second-order valence-corrected chi connectivity index (χ2v) is 6.82. The lowest BCUT2D eigenvalue weighted by molar-refractivity contribution is -0.137. The number of rotatable bonds is 7. The molecule has 2 unspecified atom stereocenters. The molecular weight excluding hydrogens is 280 g/mol. The molecule has 0 saturated carbocycles. The number of sulfone groups is 1. The monoisotopic (exact) mass is 300 g/mol. The highest BCUT2D eigenvalue weighted by Crippen LogP contribution is 2.27. The zero-order valence-corrected chi connectivity index (χ0v) is 12.7. The maximum absolute atomic E-state index is 12.5. The minimum Gasteiger partial charge on any atom is -0.497 e. The summed E-state index contributed by atoms with van der Waals surface area (Å²) in [5.74, 6) is -1.37. The average Bonchev–Trinajstić information content (AvgIpc) is 2.38. The van der Waals surface area contributed by atoms with E-state index in [-0.39, 0.29) is 4.90 Å². The Morgan fingerprint density at radius 3 is 2.55 bits per heavy atom. The van der Waals surface area contributed by atoms with Crippen LogP contribution >= 0.6 is 0 Å². The molecule has 20 heavy (non-hydrogen) atoms. The van der Waals surface area contributed by atoms with E-state index in [0.717, 1.165) is 6.42 Å². The lowest BCUT2D eigenvalue weighted by Crippen LogP contribution is -2.36. The molecular formula is C14H20O5S. The molecule has 0 fully saturated rings. The van der Waals surface area contributed by atoms with Crippen molar-refractivity contribution in [1.82, 2.24) is 0 Å². The summed E-state index contributed by atoms with van der Waals surface area (Å²) in [6.45, 7) is 3.55. The van der Waals surface area contributed by atoms with Crippen molar-refractivity contribution in [2.24, 2.45) is 5.92 Å². The first-order chi connectivity index (χ1) is 9.34. The zero-order valence-electron chi connectivity index (χ0n) is 11.9. The Balaban J connectivity index is 3.25. The highest BCUT2D eigenvalue weighted by Gasteiger charge is 2.38. The molecule has 5 nitrogen and oxygen atoms in total. The van der Waals surface area contributed by atoms with E-state index >= 15 is 0 Å². The first-order valence-electron chi connectivity index (χ1n) is 6.45. The maximum atomic E-state index is 12.5. The number of benzene rings is 1. The van der Waals surface area contributed by atoms with Crippen LogP contribution in [0.2, 0.25) is 0 Å². The molecule has 0 spiro atoms. The van der Waals surface area contributed by atoms with Crippen LogP contribution in [0.5, 0.6) is 5.75 Å². The average molecular weight is 300 g/mol. The molecule has 0 radical (unpaired) electrons. The van der Waals surface area contributed by atoms with Crippen LogP contribution in [-0.4, -0.2) is 31.9 Å². The van der Waals surface area contributed by atoms with Crippen LogP contribution in [0.3, 0.4) is 0 Å². The van der Waals surface area contributed by atoms with Gasteiger partial charge in [-0.1, -0.05) is 26.3 Å². The van der Waals surface area contributed by atoms with Crippen molar-refractivity contribution in [3.05, 3.63) is 24.3 Å². The van der Waals surface area contributed by atoms with Gasteiger partial charge in [0.05, 0.1) is 12.0 Å². The van der Waals surface area contributed by atoms with Crippen molar-refractivity contribution in [2.75, 3.05) is 7.11 Å². The normalized spacial score (nSPS) is 14.6. The van der Waals surface area contributed by atoms with Crippen molar-refractivity contribution in [2.45, 2.75) is 36.8 Å². The van der Waals surface area contributed by atoms with Crippen molar-refractivity contribution < 1.29 is 23.1 Å². The highest BCUT2D eigenvalue weighted by molar-refractivity contribution is 7.92. The Kier molecular flexibility index (Phi) is 5.56. The second kappa shape index (κ2) is 6.74. The minimum atomic E-state index is -3.93. The maximum Gasteiger partial charge on any atom is 0.322 e. The fraction of sp³-hybridized carbons (Fsp3) is 0.500. The Hall–Kier alpha value is -1.56. The Labute approximate surface area is 119 Å². The smallest absolute Gasteiger partial charge is 0.322 e. The van der Waals surface area contributed by atoms with Gasteiger partial charge < -0.3 is 9.84 Å². The predicted octanol–water partition coefficient (Wildman–Crippen LogP) is 2.36. The standard InChI is InChI=1S/C14H20O5S/c1-4-6-10(2)13(14(15)16)20(17,18)12-8-5-7-11(9-12)19-3/h5,7-10,13H,4,6H2,1-3H3,(H,15,16). The number of hydrogen-bond acceptors (Lipinski definition) is 4. The summed E-state index contributed by atoms with van der Waals surface area (Å²) >= 11 is 0. The van der Waals surface area contributed by atoms with Crippen LogP contribution in [0.4, 0.5) is 0 Å². The number of aliphatic carboxylic acids is 1. The largest absolute Gasteiger partial charge is 0.497 e. The van der Waals surface area contributed by atoms with Gasteiger partial charge in [-0.15, -0.1) is 0 Å². The lowest BCUT2D eigenvalue weighted by atomic mass is 10.0. The molecule has 0 bridgehead atoms. The highest BCUT2D eigenvalue weighted by atomic mass is 32.2. The van der Waals surface area contributed by atoms with Gasteiger partial charge in [-0.2, -0.15) is 0 Å². The third-order valence-corrected chi connectivity index (χ3v) is 5.45. The summed E-state index contributed by atoms with van der Waals surface area (Å²) in [4.78, 5) is 11.4. The van der Waals surface area contributed by atoms with E-state index in [1.54, 1.807) is 13.0 Å². The Morgan fingerprint density at radius 2 is 2.05 bits per heavy atom. The van der Waals surface area contributed by atoms with Crippen molar-refractivity contribution in [3.8, 4) is 5.75 Å². The van der Waals surface area contributed by atoms with Crippen LogP contribution in [0.1, 0.15) is 26.7 Å². The van der Waals surface area contributed by atoms with Gasteiger partial charge in [-0.25, -0.2) is 8.42 Å². The number of carbonyl (C=O) groups is 1. The van der Waals surface area contributed by atoms with E-state index in [1.165, 1.54) is 25.3 Å². The fourth-order valence-electron chi connectivity index (χ4n) is 2.21. The van der Waals surface area contributed by atoms with Gasteiger partial charge in [-0.05, 0) is 30.5 Å². The predicted molar refractivity (Wildman–Crippen MR) is 75.7 cm³/mol. The summed E-state index contributed by atoms with van der Waals surface area (Å²) in [5.41, 5.74) is 0. The van der Waals surface area contributed by atoms with E-state index in [4.69, 9.17) is 4.74 Å². The van der Waals surface area contributed by atoms with E-state index in [0.29, 0.717) is 12.2 Å². The first-order valence-corrected chi connectivity index (χ1v) is 8.00. The third-order valence-electron chi connectivity index (χ3n) is 3.21. The molecule has 1 rings (SSSR count). The molecule has 0 aliphatic rings. The van der Waals surface area contributed by atoms with Crippen LogP contribution in [0.25, 0.3) is 0 Å². The van der Waals surface area contributed by atoms with E-state index < -0.39 is 27.0 Å². The summed E-state index contributed by atoms with van der Waals surface area (Å²) < 4.78 is 30.0. The molecule has 0 aliphatic carbocycles. The molecule has 0 amide bonds. The van der Waals surface area contributed by atoms with Crippen LogP contribution in [0, 0.1) is 5.92 Å². The van der Waals surface area contributed by atoms with Crippen LogP contribution < -0.4 is 4.74 Å². The van der Waals surface area contributed by atoms with Gasteiger partial charge in [0.1, 0.15) is 5.75 Å². The minimum absolute atomic E-state index is 0.0211. The van der Waals surface area contributed by atoms with Gasteiger partial charge in [0, 0.05) is 0 Å². The zero-order chi connectivity index (χ0) is 15.3. The van der Waals surface area contributed by atoms with Gasteiger partial charge in [-0.3, -0.25) is 4.79 Å². The van der Waals surface area contributed by atoms with Gasteiger partial charge in [0.2, 0.25) is 0 Å². The second-order valence-electron chi connectivity index (χ2n) is 4.75. The van der Waals surface area contributed by atoms with E-state index in [1.807, 2.05) is 6.92 Å². The molecule has 0 aliphatic heterocycles. The molecule has 6 heteroatoms. The molecule has 1 aromatic carbocycles. The van der Waals surface area contributed by atoms with Gasteiger partial charge in [0.15, 0.2) is 15.1 Å². The number of hydrogen-bond donors (Lipinski definition) is 1. The van der Waals surface area contributed by atoms with E-state index in [2.05, 4.69) is 0 Å². The van der Waals surface area contributed by atoms with Gasteiger partial charge in [0.25, 0.3) is 0 Å². The molecule has 0 saturated heterocycles. The van der Waals surface area contributed by atoms with Crippen molar-refractivity contribution >= 4 is 15.8 Å². The third kappa shape index (κ3) is 3.50. The number of carboxylic acids is 1. The summed E-state index contributed by atoms with van der Waals surface area (Å²) in [6.07, 6.45) is 1.28. The summed E-state index contributed by atoms with van der Waals surface area (Å²) in [7, 11) is -2.50. The number of methoxy groups -OCH3 is 1. The van der Waals surface area contributed by atoms with Crippen LogP contribution in [-0.2, 0) is 14.6 Å². The quantitative estimate of drug-likeness (QED) is 0.836. The summed E-state index contributed by atoms with van der Waals surface area (Å²) in [6, 6.07) is 5.90. The Bertz CT molecular complexity index is 565. The van der Waals surface area contributed by atoms with E-state index in [9.17, 15) is 18.3 Å². The van der Waals surface area contributed by atoms with Crippen LogP contribution in [0.15, 0.2) is 29.2 Å². The molecule has 2 atom stereocenters.